The van der Waals surface area contributed by atoms with Gasteiger partial charge >= 0.3 is 6.03 Å². The molecule has 3 unspecified atom stereocenters. The maximum atomic E-state index is 13.5. The van der Waals surface area contributed by atoms with E-state index in [2.05, 4.69) is 27.4 Å². The zero-order chi connectivity index (χ0) is 19.8. The molecule has 2 saturated heterocycles. The number of fused-ring (bicyclic) bond motifs is 2. The lowest BCUT2D eigenvalue weighted by molar-refractivity contribution is 0.0472. The summed E-state index contributed by atoms with van der Waals surface area (Å²) in [7, 11) is 0. The molecule has 3 fully saturated rings. The molecule has 3 heterocycles. The van der Waals surface area contributed by atoms with E-state index in [1.54, 1.807) is 12.3 Å². The molecule has 5 rings (SSSR count). The van der Waals surface area contributed by atoms with Crippen LogP contribution in [0.2, 0.25) is 0 Å². The number of rotatable bonds is 3. The van der Waals surface area contributed by atoms with E-state index in [-0.39, 0.29) is 17.9 Å². The van der Waals surface area contributed by atoms with E-state index >= 15 is 0 Å². The Morgan fingerprint density at radius 1 is 1.14 bits per heavy atom. The molecule has 1 N–H and O–H groups in total. The topological polar surface area (TPSA) is 45.2 Å². The highest BCUT2D eigenvalue weighted by molar-refractivity contribution is 5.77. The van der Waals surface area contributed by atoms with Crippen molar-refractivity contribution in [3.63, 3.8) is 0 Å². The monoisotopic (exact) mass is 391 g/mol. The third kappa shape index (κ3) is 3.54. The standard InChI is InChI=1S/C24H26FN3O/c25-19-6-3-5-16(12-19)17-8-9-20(26-13-17)10-11-22-21-7-2-1-4-18(21)15-28-23(22)14-27-24(28)29/h3,5-6,8-13,18,21-23H,1-2,4,7,14-15H2,(H,27,29)/t18?,21?,22?,23-/m1/s1. The maximum Gasteiger partial charge on any atom is 0.317 e. The predicted molar refractivity (Wildman–Crippen MR) is 111 cm³/mol. The molecule has 29 heavy (non-hydrogen) atoms. The smallest absolute Gasteiger partial charge is 0.317 e. The van der Waals surface area contributed by atoms with Gasteiger partial charge in [0.05, 0.1) is 11.7 Å². The number of carbonyl (C=O) groups is 1. The van der Waals surface area contributed by atoms with Crippen LogP contribution in [0.5, 0.6) is 0 Å². The number of urea groups is 1. The van der Waals surface area contributed by atoms with Gasteiger partial charge in [-0.3, -0.25) is 4.98 Å². The van der Waals surface area contributed by atoms with Crippen LogP contribution in [0.4, 0.5) is 9.18 Å². The normalized spacial score (nSPS) is 28.9. The van der Waals surface area contributed by atoms with Crippen molar-refractivity contribution in [2.45, 2.75) is 31.7 Å². The molecule has 4 atom stereocenters. The lowest BCUT2D eigenvalue weighted by Gasteiger charge is -2.47. The van der Waals surface area contributed by atoms with Gasteiger partial charge in [-0.15, -0.1) is 0 Å². The number of nitrogens with one attached hydrogen (secondary N) is 1. The molecule has 2 aromatic rings. The minimum Gasteiger partial charge on any atom is -0.336 e. The van der Waals surface area contributed by atoms with Gasteiger partial charge in [-0.25, -0.2) is 9.18 Å². The average molecular weight is 391 g/mol. The van der Waals surface area contributed by atoms with Crippen LogP contribution < -0.4 is 5.32 Å². The summed E-state index contributed by atoms with van der Waals surface area (Å²) >= 11 is 0. The highest BCUT2D eigenvalue weighted by Crippen LogP contribution is 2.44. The van der Waals surface area contributed by atoms with Crippen LogP contribution >= 0.6 is 0 Å². The van der Waals surface area contributed by atoms with Gasteiger partial charge in [0.15, 0.2) is 0 Å². The maximum absolute atomic E-state index is 13.5. The molecule has 1 aromatic carbocycles. The Bertz CT molecular complexity index is 926. The lowest BCUT2D eigenvalue weighted by atomic mass is 9.67. The first-order valence-electron chi connectivity index (χ1n) is 10.6. The highest BCUT2D eigenvalue weighted by atomic mass is 19.1. The largest absolute Gasteiger partial charge is 0.336 e. The molecule has 5 heteroatoms. The SMILES string of the molecule is O=C1NC[C@@H]2C(C=Cc3ccc(-c4cccc(F)c4)cn3)C3CCCCC3CN12. The van der Waals surface area contributed by atoms with Crippen molar-refractivity contribution in [2.24, 2.45) is 17.8 Å². The summed E-state index contributed by atoms with van der Waals surface area (Å²) in [5, 5.41) is 3.04. The number of carbonyl (C=O) groups excluding carboxylic acids is 1. The van der Waals surface area contributed by atoms with Crippen molar-refractivity contribution in [1.82, 2.24) is 15.2 Å². The van der Waals surface area contributed by atoms with Crippen molar-refractivity contribution in [3.05, 3.63) is 60.2 Å². The zero-order valence-electron chi connectivity index (χ0n) is 16.4. The Morgan fingerprint density at radius 3 is 2.86 bits per heavy atom. The molecular weight excluding hydrogens is 365 g/mol. The van der Waals surface area contributed by atoms with Crippen molar-refractivity contribution < 1.29 is 9.18 Å². The van der Waals surface area contributed by atoms with E-state index in [4.69, 9.17) is 0 Å². The predicted octanol–water partition coefficient (Wildman–Crippen LogP) is 4.73. The number of pyridine rings is 1. The lowest BCUT2D eigenvalue weighted by Crippen LogP contribution is -2.52. The number of amides is 2. The molecule has 3 aliphatic rings. The number of benzene rings is 1. The molecule has 4 nitrogen and oxygen atoms in total. The summed E-state index contributed by atoms with van der Waals surface area (Å²) in [4.78, 5) is 18.9. The van der Waals surface area contributed by atoms with E-state index in [0.29, 0.717) is 17.8 Å². The number of aromatic nitrogens is 1. The molecule has 2 aliphatic heterocycles. The van der Waals surface area contributed by atoms with Crippen LogP contribution in [0, 0.1) is 23.6 Å². The Hall–Kier alpha value is -2.69. The fourth-order valence-electron chi connectivity index (χ4n) is 5.45. The Morgan fingerprint density at radius 2 is 2.03 bits per heavy atom. The Balaban J connectivity index is 1.37. The quantitative estimate of drug-likeness (QED) is 0.822. The Kier molecular flexibility index (Phi) is 4.82. The van der Waals surface area contributed by atoms with E-state index < -0.39 is 0 Å². The van der Waals surface area contributed by atoms with Crippen LogP contribution in [0.25, 0.3) is 17.2 Å². The fraction of sp³-hybridized carbons (Fsp3) is 0.417. The minimum absolute atomic E-state index is 0.0926. The minimum atomic E-state index is -0.241. The van der Waals surface area contributed by atoms with Crippen molar-refractivity contribution >= 4 is 12.1 Å². The second-order valence-electron chi connectivity index (χ2n) is 8.53. The number of nitrogens with zero attached hydrogens (tertiary/aromatic N) is 2. The van der Waals surface area contributed by atoms with E-state index in [1.165, 1.54) is 37.8 Å². The highest BCUT2D eigenvalue weighted by Gasteiger charge is 2.47. The molecule has 1 saturated carbocycles. The van der Waals surface area contributed by atoms with Crippen molar-refractivity contribution in [1.29, 1.82) is 0 Å². The van der Waals surface area contributed by atoms with Gasteiger partial charge in [0.2, 0.25) is 0 Å². The van der Waals surface area contributed by atoms with Crippen molar-refractivity contribution in [3.8, 4) is 11.1 Å². The number of piperidine rings is 1. The summed E-state index contributed by atoms with van der Waals surface area (Å²) in [6, 6.07) is 10.9. The van der Waals surface area contributed by atoms with Gasteiger partial charge in [0, 0.05) is 30.8 Å². The summed E-state index contributed by atoms with van der Waals surface area (Å²) in [5.74, 6) is 1.40. The summed E-state index contributed by atoms with van der Waals surface area (Å²) < 4.78 is 13.5. The molecule has 0 bridgehead atoms. The van der Waals surface area contributed by atoms with Crippen LogP contribution in [-0.4, -0.2) is 35.0 Å². The first-order valence-corrected chi connectivity index (χ1v) is 10.6. The molecule has 0 spiro atoms. The van der Waals surface area contributed by atoms with Gasteiger partial charge < -0.3 is 10.2 Å². The molecular formula is C24H26FN3O. The molecule has 2 amide bonds. The molecule has 1 aliphatic carbocycles. The average Bonchev–Trinajstić information content (AvgIpc) is 3.12. The van der Waals surface area contributed by atoms with Gasteiger partial charge in [0.1, 0.15) is 5.82 Å². The third-order valence-electron chi connectivity index (χ3n) is 6.89. The van der Waals surface area contributed by atoms with Gasteiger partial charge in [0.25, 0.3) is 0 Å². The summed E-state index contributed by atoms with van der Waals surface area (Å²) in [5.41, 5.74) is 2.63. The number of hydrogen-bond donors (Lipinski definition) is 1. The fourth-order valence-corrected chi connectivity index (χ4v) is 5.45. The van der Waals surface area contributed by atoms with Crippen LogP contribution in [0.15, 0.2) is 48.7 Å². The van der Waals surface area contributed by atoms with Gasteiger partial charge in [-0.05, 0) is 54.5 Å². The van der Waals surface area contributed by atoms with E-state index in [9.17, 15) is 9.18 Å². The van der Waals surface area contributed by atoms with Gasteiger partial charge in [-0.2, -0.15) is 0 Å². The third-order valence-corrected chi connectivity index (χ3v) is 6.89. The van der Waals surface area contributed by atoms with Crippen LogP contribution in [0.3, 0.4) is 0 Å². The molecule has 1 aromatic heterocycles. The van der Waals surface area contributed by atoms with Crippen molar-refractivity contribution in [2.75, 3.05) is 13.1 Å². The number of halogens is 1. The van der Waals surface area contributed by atoms with Crippen LogP contribution in [0.1, 0.15) is 31.4 Å². The summed E-state index contributed by atoms with van der Waals surface area (Å²) in [6.45, 7) is 1.65. The second kappa shape index (κ2) is 7.62. The molecule has 0 radical (unpaired) electrons. The molecule has 150 valence electrons. The van der Waals surface area contributed by atoms with E-state index in [1.807, 2.05) is 18.2 Å². The first-order chi connectivity index (χ1) is 14.2. The second-order valence-corrected chi connectivity index (χ2v) is 8.53. The van der Waals surface area contributed by atoms with E-state index in [0.717, 1.165) is 29.9 Å². The zero-order valence-corrected chi connectivity index (χ0v) is 16.4. The first kappa shape index (κ1) is 18.3. The van der Waals surface area contributed by atoms with Crippen LogP contribution in [-0.2, 0) is 0 Å². The van der Waals surface area contributed by atoms with Gasteiger partial charge in [-0.1, -0.05) is 37.1 Å². The Labute approximate surface area is 170 Å². The number of hydrogen-bond acceptors (Lipinski definition) is 2. The summed E-state index contributed by atoms with van der Waals surface area (Å²) in [6.07, 6.45) is 11.2.